The Morgan fingerprint density at radius 2 is 1.57 bits per heavy atom. The van der Waals surface area contributed by atoms with Gasteiger partial charge in [-0.3, -0.25) is 9.78 Å². The predicted octanol–water partition coefficient (Wildman–Crippen LogP) is 1.24. The maximum Gasteiger partial charge on any atom is 0.347 e. The van der Waals surface area contributed by atoms with Crippen molar-refractivity contribution in [3.8, 4) is 0 Å². The number of rotatable bonds is 7. The van der Waals surface area contributed by atoms with Crippen LogP contribution in [0.3, 0.4) is 0 Å². The van der Waals surface area contributed by atoms with Gasteiger partial charge in [0.2, 0.25) is 0 Å². The van der Waals surface area contributed by atoms with Gasteiger partial charge in [0.25, 0.3) is 5.56 Å². The van der Waals surface area contributed by atoms with Gasteiger partial charge >= 0.3 is 17.6 Å². The number of H-pyrrole nitrogens is 1. The van der Waals surface area contributed by atoms with E-state index in [1.165, 1.54) is 14.0 Å². The molecule has 4 atom stereocenters. The van der Waals surface area contributed by atoms with Crippen molar-refractivity contribution in [1.82, 2.24) is 14.8 Å². The quantitative estimate of drug-likeness (QED) is 0.494. The largest absolute Gasteiger partial charge is 0.459 e. The van der Waals surface area contributed by atoms with Crippen LogP contribution in [0.1, 0.15) is 32.6 Å². The van der Waals surface area contributed by atoms with Crippen molar-refractivity contribution in [2.75, 3.05) is 13.7 Å². The molecular weight excluding hydrogens is 458 g/mol. The zero-order valence-electron chi connectivity index (χ0n) is 19.0. The average molecular weight is 481 g/mol. The third-order valence-corrected chi connectivity index (χ3v) is 5.45. The Labute approximate surface area is 199 Å². The van der Waals surface area contributed by atoms with E-state index in [0.29, 0.717) is 11.1 Å². The summed E-state index contributed by atoms with van der Waals surface area (Å²) in [5, 5.41) is 4.01. The molecule has 0 amide bonds. The molecule has 2 heterocycles. The Morgan fingerprint density at radius 3 is 2.17 bits per heavy atom. The first-order valence-electron chi connectivity index (χ1n) is 10.7. The van der Waals surface area contributed by atoms with Crippen LogP contribution in [0.2, 0.25) is 0 Å². The molecule has 1 aromatic heterocycles. The zero-order chi connectivity index (χ0) is 24.9. The highest BCUT2D eigenvalue weighted by atomic mass is 16.6. The van der Waals surface area contributed by atoms with E-state index in [-0.39, 0.29) is 12.3 Å². The molecule has 182 valence electrons. The van der Waals surface area contributed by atoms with E-state index < -0.39 is 47.7 Å². The second kappa shape index (κ2) is 10.5. The molecule has 0 bridgehead atoms. The van der Waals surface area contributed by atoms with E-state index in [1.54, 1.807) is 60.7 Å². The highest BCUT2D eigenvalue weighted by Gasteiger charge is 2.50. The van der Waals surface area contributed by atoms with Crippen LogP contribution in [0.15, 0.2) is 70.3 Å². The van der Waals surface area contributed by atoms with E-state index in [1.807, 2.05) is 0 Å². The lowest BCUT2D eigenvalue weighted by atomic mass is 10.1. The van der Waals surface area contributed by atoms with Gasteiger partial charge in [-0.1, -0.05) is 36.4 Å². The fraction of sp³-hybridized carbons (Fsp3) is 0.292. The van der Waals surface area contributed by atoms with E-state index in [9.17, 15) is 19.2 Å². The van der Waals surface area contributed by atoms with Crippen LogP contribution >= 0.6 is 0 Å². The zero-order valence-corrected chi connectivity index (χ0v) is 19.0. The number of nitrogens with zero attached hydrogens (tertiary/aromatic N) is 2. The standard InChI is InChI=1S/C24H23N3O8/c1-14-20(28)25-24(31)27(26-14)21-19(32-2)18(35-23(30)16-11-7-4-8-12-16)17(34-21)13-33-22(29)15-9-5-3-6-10-15/h3-12,17-19,21H,13H2,1-2H3,(H,25,28,31)/t17-,18-,19-,21-/m1/s1. The van der Waals surface area contributed by atoms with Crippen molar-refractivity contribution >= 4 is 11.9 Å². The van der Waals surface area contributed by atoms with Gasteiger partial charge in [0.15, 0.2) is 12.3 Å². The minimum absolute atomic E-state index is 0.0276. The number of carbonyl (C=O) groups excluding carboxylic acids is 2. The van der Waals surface area contributed by atoms with Gasteiger partial charge in [-0.25, -0.2) is 14.4 Å². The van der Waals surface area contributed by atoms with Crippen molar-refractivity contribution < 1.29 is 28.5 Å². The van der Waals surface area contributed by atoms with E-state index in [4.69, 9.17) is 18.9 Å². The molecule has 0 unspecified atom stereocenters. The van der Waals surface area contributed by atoms with Crippen molar-refractivity contribution in [2.45, 2.75) is 31.5 Å². The molecule has 1 N–H and O–H groups in total. The summed E-state index contributed by atoms with van der Waals surface area (Å²) in [6.07, 6.45) is -4.23. The minimum Gasteiger partial charge on any atom is -0.459 e. The number of carbonyl (C=O) groups is 2. The predicted molar refractivity (Wildman–Crippen MR) is 121 cm³/mol. The van der Waals surface area contributed by atoms with Crippen LogP contribution in [-0.2, 0) is 18.9 Å². The number of nitrogens with one attached hydrogen (secondary N) is 1. The summed E-state index contributed by atoms with van der Waals surface area (Å²) < 4.78 is 23.5. The van der Waals surface area contributed by atoms with Gasteiger partial charge in [0.1, 0.15) is 24.5 Å². The number of hydrogen-bond donors (Lipinski definition) is 1. The summed E-state index contributed by atoms with van der Waals surface area (Å²) in [4.78, 5) is 51.7. The first-order valence-corrected chi connectivity index (χ1v) is 10.7. The van der Waals surface area contributed by atoms with E-state index >= 15 is 0 Å². The first-order chi connectivity index (χ1) is 16.9. The van der Waals surface area contributed by atoms with Crippen LogP contribution in [0.5, 0.6) is 0 Å². The van der Waals surface area contributed by atoms with Crippen LogP contribution in [0.25, 0.3) is 0 Å². The lowest BCUT2D eigenvalue weighted by molar-refractivity contribution is -0.0724. The summed E-state index contributed by atoms with van der Waals surface area (Å²) in [5.41, 5.74) is -0.820. The van der Waals surface area contributed by atoms with Crippen molar-refractivity contribution in [2.24, 2.45) is 0 Å². The molecule has 0 saturated carbocycles. The second-order valence-electron chi connectivity index (χ2n) is 7.76. The third kappa shape index (κ3) is 5.20. The maximum atomic E-state index is 12.8. The molecule has 3 aromatic rings. The number of hydrogen-bond acceptors (Lipinski definition) is 9. The fourth-order valence-corrected chi connectivity index (χ4v) is 3.68. The Bertz CT molecular complexity index is 1310. The summed E-state index contributed by atoms with van der Waals surface area (Å²) in [7, 11) is 1.35. The van der Waals surface area contributed by atoms with Gasteiger partial charge < -0.3 is 18.9 Å². The van der Waals surface area contributed by atoms with Gasteiger partial charge in [-0.15, -0.1) is 0 Å². The van der Waals surface area contributed by atoms with Crippen LogP contribution in [-0.4, -0.2) is 58.7 Å². The molecule has 1 fully saturated rings. The number of aromatic nitrogens is 3. The maximum absolute atomic E-state index is 12.8. The minimum atomic E-state index is -1.17. The molecule has 0 spiro atoms. The number of methoxy groups -OCH3 is 1. The molecular formula is C24H23N3O8. The number of benzene rings is 2. The number of ether oxygens (including phenoxy) is 4. The van der Waals surface area contributed by atoms with E-state index in [2.05, 4.69) is 10.1 Å². The van der Waals surface area contributed by atoms with Gasteiger partial charge in [0.05, 0.1) is 11.1 Å². The molecule has 0 radical (unpaired) electrons. The monoisotopic (exact) mass is 481 g/mol. The summed E-state index contributed by atoms with van der Waals surface area (Å²) >= 11 is 0. The van der Waals surface area contributed by atoms with Gasteiger partial charge in [0, 0.05) is 7.11 Å². The Balaban J connectivity index is 1.62. The molecule has 0 aliphatic carbocycles. The topological polar surface area (TPSA) is 139 Å². The molecule has 1 saturated heterocycles. The van der Waals surface area contributed by atoms with Crippen molar-refractivity contribution in [3.63, 3.8) is 0 Å². The summed E-state index contributed by atoms with van der Waals surface area (Å²) in [6, 6.07) is 16.6. The number of aromatic amines is 1. The molecule has 2 aromatic carbocycles. The van der Waals surface area contributed by atoms with E-state index in [0.717, 1.165) is 4.68 Å². The highest BCUT2D eigenvalue weighted by molar-refractivity contribution is 5.90. The van der Waals surface area contributed by atoms with Crippen molar-refractivity contribution in [3.05, 3.63) is 98.3 Å². The van der Waals surface area contributed by atoms with Crippen LogP contribution < -0.4 is 11.2 Å². The van der Waals surface area contributed by atoms with Crippen LogP contribution in [0, 0.1) is 6.92 Å². The lowest BCUT2D eigenvalue weighted by Gasteiger charge is -2.23. The third-order valence-electron chi connectivity index (χ3n) is 5.45. The average Bonchev–Trinajstić information content (AvgIpc) is 3.22. The van der Waals surface area contributed by atoms with Gasteiger partial charge in [-0.2, -0.15) is 9.78 Å². The normalized spacial score (nSPS) is 21.4. The van der Waals surface area contributed by atoms with Gasteiger partial charge in [-0.05, 0) is 31.2 Å². The number of aryl methyl sites for hydroxylation is 1. The fourth-order valence-electron chi connectivity index (χ4n) is 3.68. The molecule has 1 aliphatic rings. The summed E-state index contributed by atoms with van der Waals surface area (Å²) in [5.74, 6) is -1.26. The smallest absolute Gasteiger partial charge is 0.347 e. The molecule has 4 rings (SSSR count). The molecule has 1 aliphatic heterocycles. The van der Waals surface area contributed by atoms with Crippen molar-refractivity contribution in [1.29, 1.82) is 0 Å². The van der Waals surface area contributed by atoms with Crippen LogP contribution in [0.4, 0.5) is 0 Å². The lowest BCUT2D eigenvalue weighted by Crippen LogP contribution is -2.43. The molecule has 11 heteroatoms. The number of esters is 2. The molecule has 11 nitrogen and oxygen atoms in total. The second-order valence-corrected chi connectivity index (χ2v) is 7.76. The highest BCUT2D eigenvalue weighted by Crippen LogP contribution is 2.33. The molecule has 35 heavy (non-hydrogen) atoms. The SMILES string of the molecule is CO[C@@H]1[C@H](OC(=O)c2ccccc2)[C@@H](COC(=O)c2ccccc2)O[C@H]1n1nc(C)c(=O)[nH]c1=O. The summed E-state index contributed by atoms with van der Waals surface area (Å²) in [6.45, 7) is 1.13. The first kappa shape index (κ1) is 24.0. The Morgan fingerprint density at radius 1 is 0.971 bits per heavy atom. The Hall–Kier alpha value is -4.09. The Kier molecular flexibility index (Phi) is 7.18.